The summed E-state index contributed by atoms with van der Waals surface area (Å²) in [5.74, 6) is -0.351. The lowest BCUT2D eigenvalue weighted by atomic mass is 10.2. The predicted octanol–water partition coefficient (Wildman–Crippen LogP) is 0.387. The summed E-state index contributed by atoms with van der Waals surface area (Å²) in [4.78, 5) is 14.7. The Bertz CT molecular complexity index is 306. The molecular weight excluding hydrogens is 168 g/mol. The molecule has 0 aromatic heterocycles. The van der Waals surface area contributed by atoms with Crippen LogP contribution in [0.15, 0.2) is 27.0 Å². The highest BCUT2D eigenvalue weighted by Gasteiger charge is 2.28. The number of halogens is 1. The average Bonchev–Trinajstić information content (AvgIpc) is 2.32. The molecule has 5 nitrogen and oxygen atoms in total. The van der Waals surface area contributed by atoms with E-state index < -0.39 is 6.17 Å². The number of amidine groups is 1. The van der Waals surface area contributed by atoms with Crippen LogP contribution in [0.25, 0.3) is 0 Å². The van der Waals surface area contributed by atoms with Gasteiger partial charge in [-0.3, -0.25) is 4.79 Å². The van der Waals surface area contributed by atoms with E-state index in [1.807, 2.05) is 0 Å². The van der Waals surface area contributed by atoms with Crippen LogP contribution in [0.5, 0.6) is 0 Å². The fourth-order valence-corrected chi connectivity index (χ4v) is 0.998. The van der Waals surface area contributed by atoms with Gasteiger partial charge in [0.2, 0.25) is 0 Å². The minimum absolute atomic E-state index is 0.229. The van der Waals surface area contributed by atoms with Gasteiger partial charge in [0.25, 0.3) is 5.91 Å². The quantitative estimate of drug-likeness (QED) is 0.535. The first kappa shape index (κ1) is 6.48. The number of amides is 1. The second-order valence-electron chi connectivity index (χ2n) is 2.06. The molecule has 1 N–H and O–H groups in total. The summed E-state index contributed by atoms with van der Waals surface area (Å²) in [6, 6.07) is 0. The molecule has 0 saturated carbocycles. The summed E-state index contributed by atoms with van der Waals surface area (Å²) in [7, 11) is 0. The molecule has 2 rings (SSSR count). The zero-order valence-electron chi connectivity index (χ0n) is 5.28. The van der Waals surface area contributed by atoms with Crippen molar-refractivity contribution in [3.8, 4) is 0 Å². The van der Waals surface area contributed by atoms with Gasteiger partial charge in [0.05, 0.1) is 5.57 Å². The van der Waals surface area contributed by atoms with Crippen molar-refractivity contribution in [3.63, 3.8) is 0 Å². The molecule has 0 fully saturated rings. The van der Waals surface area contributed by atoms with Gasteiger partial charge in [0.15, 0.2) is 11.5 Å². The van der Waals surface area contributed by atoms with Crippen molar-refractivity contribution >= 4 is 22.8 Å². The third-order valence-corrected chi connectivity index (χ3v) is 1.57. The summed E-state index contributed by atoms with van der Waals surface area (Å²) in [5, 5.41) is 9.74. The number of nitrogens with one attached hydrogen (secondary N) is 1. The highest BCUT2D eigenvalue weighted by molar-refractivity contribution is 6.65. The van der Waals surface area contributed by atoms with Crippen LogP contribution in [-0.4, -0.2) is 17.4 Å². The van der Waals surface area contributed by atoms with Crippen molar-refractivity contribution in [2.45, 2.75) is 6.17 Å². The number of aliphatic imine (C=N–C) groups is 1. The molecule has 6 heteroatoms. The Balaban J connectivity index is 2.36. The van der Waals surface area contributed by atoms with Crippen LogP contribution in [0.1, 0.15) is 0 Å². The van der Waals surface area contributed by atoms with E-state index in [0.717, 1.165) is 0 Å². The van der Waals surface area contributed by atoms with E-state index in [-0.39, 0.29) is 11.2 Å². The molecule has 56 valence electrons. The maximum absolute atomic E-state index is 10.8. The number of azo groups is 1. The molecule has 0 saturated heterocycles. The summed E-state index contributed by atoms with van der Waals surface area (Å²) in [6.45, 7) is 0. The minimum Gasteiger partial charge on any atom is -0.337 e. The first-order chi connectivity index (χ1) is 5.27. The SMILES string of the molecule is O=C1N=NC2N=C(Cl)NC=C12. The van der Waals surface area contributed by atoms with Crippen molar-refractivity contribution in [2.75, 3.05) is 0 Å². The Morgan fingerprint density at radius 3 is 3.27 bits per heavy atom. The molecule has 1 atom stereocenters. The molecule has 1 unspecified atom stereocenters. The van der Waals surface area contributed by atoms with Crippen LogP contribution in [0.4, 0.5) is 0 Å². The van der Waals surface area contributed by atoms with Crippen molar-refractivity contribution < 1.29 is 4.79 Å². The Morgan fingerprint density at radius 2 is 2.45 bits per heavy atom. The molecule has 2 heterocycles. The Labute approximate surface area is 66.9 Å². The standard InChI is InChI=1S/C5H3ClN4O/c6-5-7-1-2-3(8-5)9-10-4(2)11/h1,3H,(H,7,8). The maximum atomic E-state index is 10.8. The number of fused-ring (bicyclic) bond motifs is 1. The van der Waals surface area contributed by atoms with Crippen molar-refractivity contribution in [1.82, 2.24) is 5.32 Å². The van der Waals surface area contributed by atoms with Crippen molar-refractivity contribution in [3.05, 3.63) is 11.8 Å². The number of rotatable bonds is 0. The van der Waals surface area contributed by atoms with E-state index in [1.165, 1.54) is 6.20 Å². The largest absolute Gasteiger partial charge is 0.337 e. The molecular formula is C5H3ClN4O. The van der Waals surface area contributed by atoms with Crippen LogP contribution in [0.2, 0.25) is 0 Å². The van der Waals surface area contributed by atoms with Crippen molar-refractivity contribution in [2.24, 2.45) is 15.2 Å². The maximum Gasteiger partial charge on any atom is 0.296 e. The minimum atomic E-state index is -0.517. The average molecular weight is 171 g/mol. The number of hydrogen-bond acceptors (Lipinski definition) is 4. The van der Waals surface area contributed by atoms with Gasteiger partial charge in [-0.2, -0.15) is 5.11 Å². The number of carbonyl (C=O) groups excluding carboxylic acids is 1. The van der Waals surface area contributed by atoms with Gasteiger partial charge in [-0.25, -0.2) is 4.99 Å². The number of hydrogen-bond donors (Lipinski definition) is 1. The topological polar surface area (TPSA) is 66.2 Å². The van der Waals surface area contributed by atoms with Crippen LogP contribution < -0.4 is 5.32 Å². The summed E-state index contributed by atoms with van der Waals surface area (Å²) < 4.78 is 0. The van der Waals surface area contributed by atoms with Crippen LogP contribution in [0.3, 0.4) is 0 Å². The molecule has 1 amide bonds. The van der Waals surface area contributed by atoms with Gasteiger partial charge in [0, 0.05) is 6.20 Å². The predicted molar refractivity (Wildman–Crippen MR) is 38.2 cm³/mol. The van der Waals surface area contributed by atoms with E-state index in [9.17, 15) is 4.79 Å². The number of carbonyl (C=O) groups is 1. The molecule has 0 radical (unpaired) electrons. The Morgan fingerprint density at radius 1 is 1.64 bits per heavy atom. The fourth-order valence-electron chi connectivity index (χ4n) is 0.851. The normalized spacial score (nSPS) is 27.4. The lowest BCUT2D eigenvalue weighted by Gasteiger charge is -2.08. The zero-order chi connectivity index (χ0) is 7.84. The Kier molecular flexibility index (Phi) is 1.25. The first-order valence-corrected chi connectivity index (χ1v) is 3.30. The van der Waals surface area contributed by atoms with Crippen LogP contribution >= 0.6 is 11.6 Å². The first-order valence-electron chi connectivity index (χ1n) is 2.92. The highest BCUT2D eigenvalue weighted by Crippen LogP contribution is 2.20. The zero-order valence-corrected chi connectivity index (χ0v) is 6.04. The molecule has 0 bridgehead atoms. The smallest absolute Gasteiger partial charge is 0.296 e. The molecule has 0 aromatic carbocycles. The van der Waals surface area contributed by atoms with Gasteiger partial charge in [-0.1, -0.05) is 0 Å². The molecule has 11 heavy (non-hydrogen) atoms. The van der Waals surface area contributed by atoms with E-state index in [4.69, 9.17) is 11.6 Å². The molecule has 0 aromatic rings. The summed E-state index contributed by atoms with van der Waals surface area (Å²) in [5.41, 5.74) is 0.439. The lowest BCUT2D eigenvalue weighted by Crippen LogP contribution is -2.23. The van der Waals surface area contributed by atoms with Gasteiger partial charge < -0.3 is 5.32 Å². The second-order valence-corrected chi connectivity index (χ2v) is 2.42. The lowest BCUT2D eigenvalue weighted by molar-refractivity contribution is -0.114. The second kappa shape index (κ2) is 2.13. The molecule has 0 spiro atoms. The number of nitrogens with zero attached hydrogens (tertiary/aromatic N) is 3. The van der Waals surface area contributed by atoms with Gasteiger partial charge in [0.1, 0.15) is 0 Å². The summed E-state index contributed by atoms with van der Waals surface area (Å²) in [6.07, 6.45) is 0.957. The van der Waals surface area contributed by atoms with Gasteiger partial charge in [-0.15, -0.1) is 5.11 Å². The van der Waals surface area contributed by atoms with Gasteiger partial charge >= 0.3 is 0 Å². The van der Waals surface area contributed by atoms with Crippen LogP contribution in [0, 0.1) is 0 Å². The van der Waals surface area contributed by atoms with E-state index >= 15 is 0 Å². The monoisotopic (exact) mass is 170 g/mol. The van der Waals surface area contributed by atoms with E-state index in [0.29, 0.717) is 5.57 Å². The van der Waals surface area contributed by atoms with Crippen molar-refractivity contribution in [1.29, 1.82) is 0 Å². The van der Waals surface area contributed by atoms with E-state index in [2.05, 4.69) is 20.5 Å². The molecule has 2 aliphatic heterocycles. The van der Waals surface area contributed by atoms with E-state index in [1.54, 1.807) is 0 Å². The molecule has 0 aliphatic carbocycles. The van der Waals surface area contributed by atoms with Crippen LogP contribution in [-0.2, 0) is 4.79 Å². The fraction of sp³-hybridized carbons (Fsp3) is 0.200. The van der Waals surface area contributed by atoms with Gasteiger partial charge in [-0.05, 0) is 11.6 Å². The molecule has 2 aliphatic rings. The third-order valence-electron chi connectivity index (χ3n) is 1.37. The third kappa shape index (κ3) is 0.932. The highest BCUT2D eigenvalue weighted by atomic mass is 35.5. The Hall–Kier alpha value is -1.23. The summed E-state index contributed by atoms with van der Waals surface area (Å²) >= 11 is 5.51.